The van der Waals surface area contributed by atoms with Crippen molar-refractivity contribution in [1.29, 1.82) is 0 Å². The lowest BCUT2D eigenvalue weighted by molar-refractivity contribution is 0.590. The van der Waals surface area contributed by atoms with Crippen LogP contribution in [-0.2, 0) is 5.41 Å². The summed E-state index contributed by atoms with van der Waals surface area (Å²) in [5.41, 5.74) is 22.7. The molecule has 0 N–H and O–H groups in total. The lowest BCUT2D eigenvalue weighted by atomic mass is 9.34. The fourth-order valence-corrected chi connectivity index (χ4v) is 10.3. The van der Waals surface area contributed by atoms with E-state index >= 15 is 0 Å². The first-order valence-electron chi connectivity index (χ1n) is 20.4. The van der Waals surface area contributed by atoms with Crippen LogP contribution in [0.1, 0.15) is 48.6 Å². The summed E-state index contributed by atoms with van der Waals surface area (Å²) in [6.07, 6.45) is 0. The largest absolute Gasteiger partial charge is 0.454 e. The fraction of sp³-hybridized carbons (Fsp3) is 0.154. The number of aryl methyl sites for hydroxylation is 4. The van der Waals surface area contributed by atoms with Crippen LogP contribution >= 0.6 is 0 Å². The highest BCUT2D eigenvalue weighted by atomic mass is 16.3. The monoisotopic (exact) mass is 748 g/mol. The van der Waals surface area contributed by atoms with Gasteiger partial charge >= 0.3 is 0 Å². The van der Waals surface area contributed by atoms with Crippen molar-refractivity contribution in [1.82, 2.24) is 19.1 Å². The summed E-state index contributed by atoms with van der Waals surface area (Å²) in [6, 6.07) is 44.5. The molecule has 10 aromatic rings. The van der Waals surface area contributed by atoms with Gasteiger partial charge in [0.05, 0.1) is 16.6 Å². The number of aromatic nitrogens is 4. The van der Waals surface area contributed by atoms with E-state index in [-0.39, 0.29) is 12.1 Å². The summed E-state index contributed by atoms with van der Waals surface area (Å²) >= 11 is 0. The van der Waals surface area contributed by atoms with Gasteiger partial charge < -0.3 is 4.42 Å². The second kappa shape index (κ2) is 11.5. The topological polar surface area (TPSA) is 48.8 Å². The predicted octanol–water partition coefficient (Wildman–Crippen LogP) is 10.9. The predicted molar refractivity (Wildman–Crippen MR) is 242 cm³/mol. The first-order chi connectivity index (χ1) is 28.1. The molecule has 2 aliphatic rings. The summed E-state index contributed by atoms with van der Waals surface area (Å²) in [7, 11) is 0. The van der Waals surface area contributed by atoms with Gasteiger partial charge in [-0.25, -0.2) is 9.97 Å². The minimum Gasteiger partial charge on any atom is -0.454 e. The number of hydrogen-bond acceptors (Lipinski definition) is 3. The number of benzene rings is 7. The Morgan fingerprint density at radius 3 is 1.81 bits per heavy atom. The molecule has 0 spiro atoms. The Labute approximate surface area is 337 Å². The summed E-state index contributed by atoms with van der Waals surface area (Å²) < 4.78 is 11.8. The highest BCUT2D eigenvalue weighted by molar-refractivity contribution is 7.00. The van der Waals surface area contributed by atoms with Crippen molar-refractivity contribution >= 4 is 67.1 Å². The highest BCUT2D eigenvalue weighted by Gasteiger charge is 2.43. The molecule has 0 fully saturated rings. The fourth-order valence-electron chi connectivity index (χ4n) is 10.3. The second-order valence-corrected chi connectivity index (χ2v) is 17.6. The summed E-state index contributed by atoms with van der Waals surface area (Å²) in [4.78, 5) is 11.3. The molecule has 0 unspecified atom stereocenters. The van der Waals surface area contributed by atoms with Crippen LogP contribution in [0.25, 0.3) is 89.3 Å². The van der Waals surface area contributed by atoms with Crippen LogP contribution in [0.3, 0.4) is 0 Å². The number of fused-ring (bicyclic) bond motifs is 8. The van der Waals surface area contributed by atoms with Gasteiger partial charge in [0, 0.05) is 33.3 Å². The molecule has 278 valence electrons. The second-order valence-electron chi connectivity index (χ2n) is 17.6. The van der Waals surface area contributed by atoms with Crippen molar-refractivity contribution in [3.05, 3.63) is 149 Å². The van der Waals surface area contributed by atoms with Crippen LogP contribution in [0.15, 0.2) is 126 Å². The molecule has 5 nitrogen and oxygen atoms in total. The van der Waals surface area contributed by atoms with Gasteiger partial charge in [-0.15, -0.1) is 0 Å². The maximum absolute atomic E-state index is 6.89. The molecule has 12 rings (SSSR count). The minimum absolute atomic E-state index is 0.0144. The average molecular weight is 749 g/mol. The Hall–Kier alpha value is -6.66. The number of nitrogens with zero attached hydrogens (tertiary/aromatic N) is 4. The third kappa shape index (κ3) is 4.38. The normalized spacial score (nSPS) is 13.1. The van der Waals surface area contributed by atoms with Crippen LogP contribution in [0.5, 0.6) is 0 Å². The molecule has 0 atom stereocenters. The number of furan rings is 1. The quantitative estimate of drug-likeness (QED) is 0.169. The van der Waals surface area contributed by atoms with E-state index in [1.54, 1.807) is 0 Å². The summed E-state index contributed by atoms with van der Waals surface area (Å²) in [5, 5.41) is 2.23. The van der Waals surface area contributed by atoms with Gasteiger partial charge in [0.1, 0.15) is 22.7 Å². The molecule has 6 heteroatoms. The van der Waals surface area contributed by atoms with E-state index < -0.39 is 0 Å². The van der Waals surface area contributed by atoms with Crippen molar-refractivity contribution in [3.63, 3.8) is 0 Å². The van der Waals surface area contributed by atoms with Gasteiger partial charge in [0.2, 0.25) is 0 Å². The Bertz CT molecular complexity index is 3390. The zero-order chi connectivity index (χ0) is 39.4. The first kappa shape index (κ1) is 33.5. The van der Waals surface area contributed by atoms with Crippen molar-refractivity contribution in [2.24, 2.45) is 0 Å². The molecule has 0 bridgehead atoms. The molecule has 0 amide bonds. The molecule has 0 aliphatic carbocycles. The van der Waals surface area contributed by atoms with E-state index in [4.69, 9.17) is 14.4 Å². The number of imidazole rings is 2. The van der Waals surface area contributed by atoms with Gasteiger partial charge in [-0.3, -0.25) is 9.13 Å². The van der Waals surface area contributed by atoms with E-state index in [2.05, 4.69) is 179 Å². The summed E-state index contributed by atoms with van der Waals surface area (Å²) in [6.45, 7) is 15.6. The number of rotatable bonds is 3. The van der Waals surface area contributed by atoms with Gasteiger partial charge in [-0.1, -0.05) is 112 Å². The zero-order valence-electron chi connectivity index (χ0n) is 33.8. The molecule has 0 saturated carbocycles. The maximum atomic E-state index is 6.89. The van der Waals surface area contributed by atoms with Gasteiger partial charge in [-0.2, -0.15) is 0 Å². The van der Waals surface area contributed by atoms with Crippen LogP contribution in [0.2, 0.25) is 0 Å². The zero-order valence-corrected chi connectivity index (χ0v) is 33.8. The Kier molecular flexibility index (Phi) is 6.63. The maximum Gasteiger partial charge on any atom is 0.252 e. The van der Waals surface area contributed by atoms with E-state index in [0.717, 1.165) is 78.2 Å². The minimum atomic E-state index is -0.0787. The van der Waals surface area contributed by atoms with Crippen LogP contribution in [-0.4, -0.2) is 25.8 Å². The third-order valence-corrected chi connectivity index (χ3v) is 13.0. The van der Waals surface area contributed by atoms with Gasteiger partial charge in [0.15, 0.2) is 5.58 Å². The Balaban J connectivity index is 1.28. The van der Waals surface area contributed by atoms with Crippen molar-refractivity contribution in [2.45, 2.75) is 53.9 Å². The molecule has 0 saturated heterocycles. The van der Waals surface area contributed by atoms with Crippen molar-refractivity contribution in [3.8, 4) is 45.3 Å². The third-order valence-electron chi connectivity index (χ3n) is 13.0. The highest BCUT2D eigenvalue weighted by Crippen LogP contribution is 2.43. The molecule has 2 aliphatic heterocycles. The molecular formula is C52H41BN4O. The molecule has 3 aromatic heterocycles. The number of hydrogen-bond donors (Lipinski definition) is 0. The Morgan fingerprint density at radius 2 is 1.16 bits per heavy atom. The van der Waals surface area contributed by atoms with Crippen LogP contribution in [0, 0.1) is 27.7 Å². The molecule has 0 radical (unpaired) electrons. The van der Waals surface area contributed by atoms with E-state index in [1.807, 2.05) is 0 Å². The van der Waals surface area contributed by atoms with E-state index in [0.29, 0.717) is 0 Å². The average Bonchev–Trinajstić information content (AvgIpc) is 3.90. The van der Waals surface area contributed by atoms with E-state index in [1.165, 1.54) is 55.3 Å². The molecule has 7 aromatic carbocycles. The van der Waals surface area contributed by atoms with Crippen LogP contribution in [0.4, 0.5) is 0 Å². The van der Waals surface area contributed by atoms with E-state index in [9.17, 15) is 0 Å². The van der Waals surface area contributed by atoms with Crippen molar-refractivity contribution < 1.29 is 4.42 Å². The SMILES string of the molecule is Cc1cccc(C)c1-c1nc2cc(-c3ccccc3)cc3c2n1-c1cccc2c1B3c1cc3c4cc(C(C)(C)C)ccc4oc3c3nc(-c4c(C)cccc4C)n-2c13. The molecular weight excluding hydrogens is 707 g/mol. The lowest BCUT2D eigenvalue weighted by Crippen LogP contribution is -2.59. The standard InChI is InChI=1S/C52H41BN4O/c1-28-14-11-15-29(2)43(28)50-54-39-25-33(32-18-9-8-10-19-32)24-37-47(39)56(50)40-20-13-21-41-45(40)53(37)38-27-36-35-26-34(52(5,6)7)22-23-42(35)58-49(36)46-48(38)57(41)51(55-46)44-30(3)16-12-17-31(44)4/h8-27H,1-7H3. The Morgan fingerprint density at radius 1 is 0.552 bits per heavy atom. The lowest BCUT2D eigenvalue weighted by Gasteiger charge is -2.34. The van der Waals surface area contributed by atoms with Crippen LogP contribution < -0.4 is 16.4 Å². The molecule has 5 heterocycles. The van der Waals surface area contributed by atoms with Gasteiger partial charge in [0.25, 0.3) is 6.71 Å². The smallest absolute Gasteiger partial charge is 0.252 e. The summed E-state index contributed by atoms with van der Waals surface area (Å²) in [5.74, 6) is 1.92. The first-order valence-corrected chi connectivity index (χ1v) is 20.4. The molecule has 58 heavy (non-hydrogen) atoms. The van der Waals surface area contributed by atoms with Gasteiger partial charge in [-0.05, 0) is 119 Å². The van der Waals surface area contributed by atoms with Crippen molar-refractivity contribution in [2.75, 3.05) is 0 Å².